The van der Waals surface area contributed by atoms with E-state index in [1.54, 1.807) is 0 Å². The Labute approximate surface area is 192 Å². The van der Waals surface area contributed by atoms with Crippen molar-refractivity contribution in [2.75, 3.05) is 0 Å². The van der Waals surface area contributed by atoms with Gasteiger partial charge in [-0.05, 0) is 36.4 Å². The highest BCUT2D eigenvalue weighted by Gasteiger charge is 2.57. The van der Waals surface area contributed by atoms with E-state index in [0.29, 0.717) is 11.6 Å². The Balaban J connectivity index is 1.66. The van der Waals surface area contributed by atoms with Gasteiger partial charge in [-0.2, -0.15) is 19.1 Å². The lowest BCUT2D eigenvalue weighted by Gasteiger charge is -2.36. The Kier molecular flexibility index (Phi) is 5.81. The Morgan fingerprint density at radius 1 is 1.29 bits per heavy atom. The number of pyridine rings is 1. The minimum absolute atomic E-state index is 0.0224. The summed E-state index contributed by atoms with van der Waals surface area (Å²) in [5.74, 6) is -6.59. The van der Waals surface area contributed by atoms with Crippen LogP contribution in [0.5, 0.6) is 5.75 Å². The average Bonchev–Trinajstić information content (AvgIpc) is 3.32. The molecule has 0 fully saturated rings. The maximum absolute atomic E-state index is 15.7. The fourth-order valence-electron chi connectivity index (χ4n) is 3.40. The number of nitrogens with zero attached hydrogens (tertiary/aromatic N) is 5. The summed E-state index contributed by atoms with van der Waals surface area (Å²) in [6, 6.07) is 5.81. The predicted octanol–water partition coefficient (Wildman–Crippen LogP) is 3.79. The number of benzene rings is 1. The third kappa shape index (κ3) is 4.40. The van der Waals surface area contributed by atoms with Gasteiger partial charge in [-0.15, -0.1) is 0 Å². The number of hydrogen-bond donors (Lipinski definition) is 1. The van der Waals surface area contributed by atoms with Gasteiger partial charge < -0.3 is 9.84 Å². The van der Waals surface area contributed by atoms with Gasteiger partial charge in [-0.3, -0.25) is 4.98 Å². The molecule has 1 aliphatic rings. The van der Waals surface area contributed by atoms with E-state index in [4.69, 9.17) is 11.4 Å². The SMILES string of the molecule is [2H]C1(Oc2ccc(C(F)(F)C(O)(Cn3cncn3)c3ccc(F)cc3F)nc2)C=CC(C#N)=CC1. The molecule has 0 spiro atoms. The van der Waals surface area contributed by atoms with Crippen LogP contribution in [0.2, 0.25) is 0 Å². The Morgan fingerprint density at radius 3 is 2.71 bits per heavy atom. The largest absolute Gasteiger partial charge is 0.484 e. The molecule has 0 saturated heterocycles. The maximum Gasteiger partial charge on any atom is 0.323 e. The molecule has 1 N–H and O–H groups in total. The molecule has 7 nitrogen and oxygen atoms in total. The quantitative estimate of drug-likeness (QED) is 0.526. The zero-order valence-electron chi connectivity index (χ0n) is 18.4. The molecular weight excluding hydrogens is 454 g/mol. The van der Waals surface area contributed by atoms with Crippen LogP contribution in [-0.2, 0) is 18.1 Å². The first-order chi connectivity index (χ1) is 16.6. The standard InChI is InChI=1S/C23H17F4N5O2/c24-16-3-7-19(20(25)9-16)22(33,12-32-14-29-13-31-32)23(26,27)21-8-6-18(11-30-21)34-17-4-1-15(10-28)2-5-17/h1-4,6-9,11,13-14,17,33H,5,12H2/i17D. The van der Waals surface area contributed by atoms with Gasteiger partial charge in [0, 0.05) is 23.6 Å². The number of nitriles is 1. The average molecular weight is 472 g/mol. The van der Waals surface area contributed by atoms with Gasteiger partial charge in [0.2, 0.25) is 0 Å². The van der Waals surface area contributed by atoms with Crippen LogP contribution in [0.3, 0.4) is 0 Å². The third-order valence-corrected chi connectivity index (χ3v) is 5.16. The molecule has 0 radical (unpaired) electrons. The molecule has 1 aromatic carbocycles. The lowest BCUT2D eigenvalue weighted by molar-refractivity contribution is -0.207. The summed E-state index contributed by atoms with van der Waals surface area (Å²) in [5.41, 5.74) is -4.65. The molecule has 2 atom stereocenters. The predicted molar refractivity (Wildman–Crippen MR) is 110 cm³/mol. The molecule has 1 aliphatic carbocycles. The van der Waals surface area contributed by atoms with Crippen LogP contribution in [0.1, 0.15) is 19.0 Å². The molecule has 174 valence electrons. The van der Waals surface area contributed by atoms with Crippen LogP contribution in [-0.4, -0.2) is 30.9 Å². The van der Waals surface area contributed by atoms with Gasteiger partial charge in [0.15, 0.2) is 5.60 Å². The van der Waals surface area contributed by atoms with Crippen molar-refractivity contribution >= 4 is 0 Å². The van der Waals surface area contributed by atoms with Crippen LogP contribution in [0.15, 0.2) is 73.0 Å². The van der Waals surface area contributed by atoms with E-state index in [-0.39, 0.29) is 12.2 Å². The van der Waals surface area contributed by atoms with E-state index in [2.05, 4.69) is 15.1 Å². The Morgan fingerprint density at radius 2 is 2.12 bits per heavy atom. The summed E-state index contributed by atoms with van der Waals surface area (Å²) in [4.78, 5) is 7.33. The summed E-state index contributed by atoms with van der Waals surface area (Å²) in [6.07, 6.45) is 5.79. The van der Waals surface area contributed by atoms with Crippen molar-refractivity contribution in [3.05, 3.63) is 95.9 Å². The normalized spacial score (nSPS) is 20.1. The summed E-state index contributed by atoms with van der Waals surface area (Å²) >= 11 is 0. The van der Waals surface area contributed by atoms with Crippen LogP contribution < -0.4 is 4.74 Å². The molecule has 11 heteroatoms. The fourth-order valence-corrected chi connectivity index (χ4v) is 3.40. The highest BCUT2D eigenvalue weighted by Crippen LogP contribution is 2.46. The van der Waals surface area contributed by atoms with Crippen molar-refractivity contribution in [1.29, 1.82) is 5.26 Å². The number of halogens is 4. The van der Waals surface area contributed by atoms with Crippen molar-refractivity contribution in [3.8, 4) is 11.8 Å². The highest BCUT2D eigenvalue weighted by atomic mass is 19.3. The number of allylic oxidation sites excluding steroid dienone is 2. The second kappa shape index (κ2) is 9.07. The zero-order chi connectivity index (χ0) is 25.3. The van der Waals surface area contributed by atoms with Gasteiger partial charge in [-0.1, -0.05) is 6.08 Å². The third-order valence-electron chi connectivity index (χ3n) is 5.16. The van der Waals surface area contributed by atoms with Crippen molar-refractivity contribution in [2.24, 2.45) is 0 Å². The second-order valence-corrected chi connectivity index (χ2v) is 7.41. The number of aromatic nitrogens is 4. The van der Waals surface area contributed by atoms with Crippen LogP contribution in [0, 0.1) is 23.0 Å². The summed E-state index contributed by atoms with van der Waals surface area (Å²) in [5, 5.41) is 23.8. The van der Waals surface area contributed by atoms with Gasteiger partial charge in [0.25, 0.3) is 0 Å². The number of alkyl halides is 2. The van der Waals surface area contributed by atoms with Crippen LogP contribution in [0.25, 0.3) is 0 Å². The molecule has 0 aliphatic heterocycles. The van der Waals surface area contributed by atoms with Crippen molar-refractivity contribution in [1.82, 2.24) is 19.7 Å². The minimum atomic E-state index is -4.19. The second-order valence-electron chi connectivity index (χ2n) is 7.41. The van der Waals surface area contributed by atoms with E-state index < -0.39 is 47.0 Å². The molecule has 0 amide bonds. The molecule has 34 heavy (non-hydrogen) atoms. The Hall–Kier alpha value is -4.04. The van der Waals surface area contributed by atoms with E-state index in [1.165, 1.54) is 18.2 Å². The van der Waals surface area contributed by atoms with E-state index in [0.717, 1.165) is 47.8 Å². The van der Waals surface area contributed by atoms with E-state index in [1.807, 2.05) is 6.07 Å². The highest BCUT2D eigenvalue weighted by molar-refractivity contribution is 5.37. The number of ether oxygens (including phenoxy) is 1. The lowest BCUT2D eigenvalue weighted by Crippen LogP contribution is -2.48. The molecule has 2 aromatic heterocycles. The first kappa shape index (κ1) is 21.8. The van der Waals surface area contributed by atoms with Gasteiger partial charge in [0.05, 0.1) is 20.2 Å². The maximum atomic E-state index is 15.7. The molecule has 4 rings (SSSR count). The van der Waals surface area contributed by atoms with Crippen molar-refractivity contribution in [3.63, 3.8) is 0 Å². The molecule has 2 unspecified atom stereocenters. The van der Waals surface area contributed by atoms with Gasteiger partial charge in [-0.25, -0.2) is 18.4 Å². The van der Waals surface area contributed by atoms with Gasteiger partial charge >= 0.3 is 5.92 Å². The lowest BCUT2D eigenvalue weighted by atomic mass is 9.84. The molecule has 0 saturated carbocycles. The first-order valence-corrected chi connectivity index (χ1v) is 9.89. The fraction of sp³-hybridized carbons (Fsp3) is 0.217. The summed E-state index contributed by atoms with van der Waals surface area (Å²) < 4.78 is 74.2. The number of hydrogen-bond acceptors (Lipinski definition) is 6. The molecule has 3 aromatic rings. The smallest absolute Gasteiger partial charge is 0.323 e. The monoisotopic (exact) mass is 472 g/mol. The van der Waals surface area contributed by atoms with Crippen molar-refractivity contribution in [2.45, 2.75) is 30.6 Å². The summed E-state index contributed by atoms with van der Waals surface area (Å²) in [7, 11) is 0. The number of rotatable bonds is 7. The first-order valence-electron chi connectivity index (χ1n) is 10.4. The molecule has 2 heterocycles. The minimum Gasteiger partial charge on any atom is -0.484 e. The number of aliphatic hydroxyl groups is 1. The Bertz CT molecular complexity index is 1320. The van der Waals surface area contributed by atoms with Crippen LogP contribution >= 0.6 is 0 Å². The molecular formula is C23H17F4N5O2. The van der Waals surface area contributed by atoms with E-state index >= 15 is 8.78 Å². The van der Waals surface area contributed by atoms with E-state index in [9.17, 15) is 13.9 Å². The van der Waals surface area contributed by atoms with Crippen molar-refractivity contribution < 1.29 is 28.8 Å². The topological polar surface area (TPSA) is 96.8 Å². The van der Waals surface area contributed by atoms with Crippen LogP contribution in [0.4, 0.5) is 17.6 Å². The molecule has 0 bridgehead atoms. The zero-order valence-corrected chi connectivity index (χ0v) is 17.4. The van der Waals surface area contributed by atoms with Gasteiger partial charge in [0.1, 0.15) is 41.8 Å². The summed E-state index contributed by atoms with van der Waals surface area (Å²) in [6.45, 7) is -0.920.